The normalized spacial score (nSPS) is 11.6. The van der Waals surface area contributed by atoms with Crippen LogP contribution in [0.1, 0.15) is 22.0 Å². The second-order valence-electron chi connectivity index (χ2n) is 7.11. The molecule has 0 bridgehead atoms. The molecule has 1 heterocycles. The van der Waals surface area contributed by atoms with Crippen LogP contribution >= 0.6 is 0 Å². The van der Waals surface area contributed by atoms with E-state index >= 15 is 0 Å². The molecule has 0 spiro atoms. The number of hydrogen-bond donors (Lipinski definition) is 1. The van der Waals surface area contributed by atoms with Gasteiger partial charge in [0.25, 0.3) is 5.91 Å². The van der Waals surface area contributed by atoms with Crippen molar-refractivity contribution in [3.8, 4) is 17.0 Å². The molecule has 0 aliphatic heterocycles. The van der Waals surface area contributed by atoms with Gasteiger partial charge < -0.3 is 14.8 Å². The van der Waals surface area contributed by atoms with Gasteiger partial charge in [0.1, 0.15) is 5.75 Å². The molecule has 3 aromatic carbocycles. The summed E-state index contributed by atoms with van der Waals surface area (Å²) >= 11 is 0. The summed E-state index contributed by atoms with van der Waals surface area (Å²) in [5.74, 6) is -0.301. The van der Waals surface area contributed by atoms with Gasteiger partial charge in [-0.3, -0.25) is 4.79 Å². The van der Waals surface area contributed by atoms with E-state index < -0.39 is 17.9 Å². The lowest BCUT2D eigenvalue weighted by Crippen LogP contribution is -2.34. The largest absolute Gasteiger partial charge is 0.496 e. The maximum atomic E-state index is 13.4. The number of pyridine rings is 1. The lowest BCUT2D eigenvalue weighted by Gasteiger charge is -2.18. The first-order valence-electron chi connectivity index (χ1n) is 10.1. The number of aromatic nitrogens is 1. The Balaban J connectivity index is 1.80. The fourth-order valence-corrected chi connectivity index (χ4v) is 3.61. The first-order chi connectivity index (χ1) is 15.6. The van der Waals surface area contributed by atoms with E-state index in [-0.39, 0.29) is 0 Å². The van der Waals surface area contributed by atoms with Crippen molar-refractivity contribution in [1.82, 2.24) is 10.3 Å². The van der Waals surface area contributed by atoms with Gasteiger partial charge in [-0.15, -0.1) is 0 Å². The lowest BCUT2D eigenvalue weighted by molar-refractivity contribution is -0.143. The Labute approximate surface area is 185 Å². The van der Waals surface area contributed by atoms with Crippen LogP contribution in [-0.2, 0) is 9.53 Å². The molecule has 1 aromatic heterocycles. The number of amides is 1. The Bertz CT molecular complexity index is 1270. The summed E-state index contributed by atoms with van der Waals surface area (Å²) in [6.07, 6.45) is 0. The number of fused-ring (bicyclic) bond motifs is 1. The molecule has 1 atom stereocenters. The van der Waals surface area contributed by atoms with Crippen molar-refractivity contribution in [2.75, 3.05) is 14.2 Å². The highest BCUT2D eigenvalue weighted by Crippen LogP contribution is 2.31. The summed E-state index contributed by atoms with van der Waals surface area (Å²) in [5.41, 5.74) is 3.07. The van der Waals surface area contributed by atoms with Gasteiger partial charge in [0.05, 0.1) is 31.0 Å². The molecule has 4 aromatic rings. The molecule has 1 amide bonds. The molecule has 160 valence electrons. The average molecular weight is 426 g/mol. The molecule has 0 aliphatic rings. The fraction of sp³-hybridized carbons (Fsp3) is 0.115. The second kappa shape index (κ2) is 9.31. The molecule has 0 saturated heterocycles. The number of rotatable bonds is 6. The Hall–Kier alpha value is -4.19. The maximum absolute atomic E-state index is 13.4. The SMILES string of the molecule is COC(=O)C(NC(=O)c1cc(-c2ccccc2OC)nc2ccccc12)c1ccccc1. The maximum Gasteiger partial charge on any atom is 0.333 e. The van der Waals surface area contributed by atoms with Crippen molar-refractivity contribution in [2.24, 2.45) is 0 Å². The number of nitrogens with one attached hydrogen (secondary N) is 1. The molecule has 0 fully saturated rings. The smallest absolute Gasteiger partial charge is 0.333 e. The van der Waals surface area contributed by atoms with Crippen LogP contribution in [0.2, 0.25) is 0 Å². The molecule has 1 N–H and O–H groups in total. The van der Waals surface area contributed by atoms with Crippen molar-refractivity contribution in [1.29, 1.82) is 0 Å². The summed E-state index contributed by atoms with van der Waals surface area (Å²) in [5, 5.41) is 3.51. The monoisotopic (exact) mass is 426 g/mol. The highest BCUT2D eigenvalue weighted by Gasteiger charge is 2.25. The predicted molar refractivity (Wildman–Crippen MR) is 122 cm³/mol. The number of nitrogens with zero attached hydrogens (tertiary/aromatic N) is 1. The Kier molecular flexibility index (Phi) is 6.12. The van der Waals surface area contributed by atoms with Crippen LogP contribution in [0.15, 0.2) is 84.9 Å². The minimum absolute atomic E-state index is 0.404. The minimum Gasteiger partial charge on any atom is -0.496 e. The van der Waals surface area contributed by atoms with E-state index in [2.05, 4.69) is 5.32 Å². The molecule has 0 aliphatic carbocycles. The Morgan fingerprint density at radius 3 is 2.31 bits per heavy atom. The molecule has 32 heavy (non-hydrogen) atoms. The third-order valence-electron chi connectivity index (χ3n) is 5.19. The van der Waals surface area contributed by atoms with E-state index in [0.29, 0.717) is 33.5 Å². The molecular formula is C26H22N2O4. The van der Waals surface area contributed by atoms with E-state index in [9.17, 15) is 9.59 Å². The van der Waals surface area contributed by atoms with Gasteiger partial charge in [-0.1, -0.05) is 60.7 Å². The number of benzene rings is 3. The average Bonchev–Trinajstić information content (AvgIpc) is 2.86. The van der Waals surface area contributed by atoms with E-state index in [0.717, 1.165) is 5.56 Å². The van der Waals surface area contributed by atoms with Crippen LogP contribution in [-0.4, -0.2) is 31.1 Å². The van der Waals surface area contributed by atoms with Gasteiger partial charge in [-0.2, -0.15) is 0 Å². The number of methoxy groups -OCH3 is 2. The summed E-state index contributed by atoms with van der Waals surface area (Å²) in [6, 6.07) is 24.7. The predicted octanol–water partition coefficient (Wildman–Crippen LogP) is 4.55. The van der Waals surface area contributed by atoms with E-state index in [4.69, 9.17) is 14.5 Å². The zero-order valence-electron chi connectivity index (χ0n) is 17.7. The van der Waals surface area contributed by atoms with Gasteiger partial charge >= 0.3 is 5.97 Å². The summed E-state index contributed by atoms with van der Waals surface area (Å²) in [7, 11) is 2.89. The van der Waals surface area contributed by atoms with Crippen molar-refractivity contribution >= 4 is 22.8 Å². The van der Waals surface area contributed by atoms with Crippen LogP contribution < -0.4 is 10.1 Å². The summed E-state index contributed by atoms with van der Waals surface area (Å²) in [6.45, 7) is 0. The van der Waals surface area contributed by atoms with Crippen molar-refractivity contribution in [3.63, 3.8) is 0 Å². The van der Waals surface area contributed by atoms with Crippen molar-refractivity contribution in [2.45, 2.75) is 6.04 Å². The number of ether oxygens (including phenoxy) is 2. The van der Waals surface area contributed by atoms with Crippen molar-refractivity contribution in [3.05, 3.63) is 96.1 Å². The van der Waals surface area contributed by atoms with Gasteiger partial charge in [-0.25, -0.2) is 9.78 Å². The highest BCUT2D eigenvalue weighted by atomic mass is 16.5. The fourth-order valence-electron chi connectivity index (χ4n) is 3.61. The zero-order chi connectivity index (χ0) is 22.5. The molecular weight excluding hydrogens is 404 g/mol. The van der Waals surface area contributed by atoms with Crippen LogP contribution in [0.3, 0.4) is 0 Å². The third kappa shape index (κ3) is 4.16. The summed E-state index contributed by atoms with van der Waals surface area (Å²) in [4.78, 5) is 30.6. The number of carbonyl (C=O) groups excluding carboxylic acids is 2. The highest BCUT2D eigenvalue weighted by molar-refractivity contribution is 6.08. The Morgan fingerprint density at radius 2 is 1.56 bits per heavy atom. The molecule has 6 nitrogen and oxygen atoms in total. The van der Waals surface area contributed by atoms with Gasteiger partial charge in [0.15, 0.2) is 6.04 Å². The van der Waals surface area contributed by atoms with E-state index in [1.54, 1.807) is 37.4 Å². The standard InChI is InChI=1S/C26H22N2O4/c1-31-23-15-9-7-13-19(23)22-16-20(18-12-6-8-14-21(18)27-22)25(29)28-24(26(30)32-2)17-10-4-3-5-11-17/h3-16,24H,1-2H3,(H,28,29). The van der Waals surface area contributed by atoms with Crippen LogP contribution in [0.4, 0.5) is 0 Å². The lowest BCUT2D eigenvalue weighted by atomic mass is 10.0. The number of esters is 1. The van der Waals surface area contributed by atoms with E-state index in [1.807, 2.05) is 54.6 Å². The molecule has 6 heteroatoms. The molecule has 4 rings (SSSR count). The van der Waals surface area contributed by atoms with Crippen LogP contribution in [0, 0.1) is 0 Å². The summed E-state index contributed by atoms with van der Waals surface area (Å²) < 4.78 is 10.4. The molecule has 0 saturated carbocycles. The second-order valence-corrected chi connectivity index (χ2v) is 7.11. The minimum atomic E-state index is -0.935. The van der Waals surface area contributed by atoms with Gasteiger partial charge in [0, 0.05) is 10.9 Å². The quantitative estimate of drug-likeness (QED) is 0.458. The van der Waals surface area contributed by atoms with E-state index in [1.165, 1.54) is 7.11 Å². The first-order valence-corrected chi connectivity index (χ1v) is 10.1. The molecule has 1 unspecified atom stereocenters. The van der Waals surface area contributed by atoms with Gasteiger partial charge in [0.2, 0.25) is 0 Å². The zero-order valence-corrected chi connectivity index (χ0v) is 17.7. The topological polar surface area (TPSA) is 77.5 Å². The van der Waals surface area contributed by atoms with Crippen molar-refractivity contribution < 1.29 is 19.1 Å². The number of para-hydroxylation sites is 2. The third-order valence-corrected chi connectivity index (χ3v) is 5.19. The van der Waals surface area contributed by atoms with Crippen LogP contribution in [0.5, 0.6) is 5.75 Å². The Morgan fingerprint density at radius 1 is 0.875 bits per heavy atom. The van der Waals surface area contributed by atoms with Crippen LogP contribution in [0.25, 0.3) is 22.2 Å². The molecule has 0 radical (unpaired) electrons. The number of hydrogen-bond acceptors (Lipinski definition) is 5. The van der Waals surface area contributed by atoms with Gasteiger partial charge in [-0.05, 0) is 29.8 Å². The number of carbonyl (C=O) groups is 2. The first kappa shape index (κ1) is 21.1.